The molecule has 6 heteroatoms. The molecule has 5 nitrogen and oxygen atoms in total. The minimum Gasteiger partial charge on any atom is -0.481 e. The van der Waals surface area contributed by atoms with E-state index in [1.807, 2.05) is 49.8 Å². The van der Waals surface area contributed by atoms with E-state index in [2.05, 4.69) is 25.8 Å². The number of halogens is 1. The zero-order valence-electron chi connectivity index (χ0n) is 16.1. The number of methoxy groups -OCH3 is 1. The van der Waals surface area contributed by atoms with Crippen LogP contribution in [0.1, 0.15) is 0 Å². The van der Waals surface area contributed by atoms with Crippen molar-refractivity contribution in [3.8, 4) is 17.0 Å². The molecular weight excluding hydrogens is 367 g/mol. The van der Waals surface area contributed by atoms with Crippen LogP contribution in [0.2, 0.25) is 0 Å². The molecule has 2 aromatic carbocycles. The number of aromatic nitrogens is 2. The molecule has 1 aliphatic rings. The molecule has 0 fully saturated rings. The summed E-state index contributed by atoms with van der Waals surface area (Å²) in [6, 6.07) is 16.6. The highest BCUT2D eigenvalue weighted by atomic mass is 19.1. The fraction of sp³-hybridized carbons (Fsp3) is 0.130. The van der Waals surface area contributed by atoms with Gasteiger partial charge in [0.2, 0.25) is 5.88 Å². The average molecular weight is 386 g/mol. The van der Waals surface area contributed by atoms with Crippen molar-refractivity contribution >= 4 is 28.0 Å². The van der Waals surface area contributed by atoms with Gasteiger partial charge in [-0.3, -0.25) is 4.98 Å². The lowest BCUT2D eigenvalue weighted by atomic mass is 10.0. The van der Waals surface area contributed by atoms with E-state index in [1.54, 1.807) is 19.2 Å². The van der Waals surface area contributed by atoms with Gasteiger partial charge in [-0.25, -0.2) is 9.37 Å². The van der Waals surface area contributed by atoms with E-state index in [4.69, 9.17) is 4.74 Å². The highest BCUT2D eigenvalue weighted by molar-refractivity contribution is 6.04. The molecule has 0 radical (unpaired) electrons. The smallest absolute Gasteiger partial charge is 0.213 e. The lowest BCUT2D eigenvalue weighted by Crippen LogP contribution is -2.24. The van der Waals surface area contributed by atoms with Crippen molar-refractivity contribution in [2.45, 2.75) is 0 Å². The maximum atomic E-state index is 13.7. The predicted octanol–water partition coefficient (Wildman–Crippen LogP) is 4.99. The third kappa shape index (κ3) is 2.93. The summed E-state index contributed by atoms with van der Waals surface area (Å²) in [6.45, 7) is 0.689. The van der Waals surface area contributed by atoms with E-state index >= 15 is 0 Å². The molecule has 0 unspecified atom stereocenters. The number of anilines is 3. The largest absolute Gasteiger partial charge is 0.481 e. The summed E-state index contributed by atoms with van der Waals surface area (Å²) in [6.07, 6.45) is 3.71. The number of hydrogen-bond acceptors (Lipinski definition) is 5. The topological polar surface area (TPSA) is 41.5 Å². The molecule has 2 aromatic heterocycles. The van der Waals surface area contributed by atoms with Crippen molar-refractivity contribution < 1.29 is 9.13 Å². The van der Waals surface area contributed by atoms with E-state index in [1.165, 1.54) is 6.07 Å². The Morgan fingerprint density at radius 2 is 1.83 bits per heavy atom. The standard InChI is InChI=1S/C23H19FN4O/c1-27-14-28(18-7-9-22(29-2)26-12-18)23-19-11-16(15-4-3-5-17(24)10-15)6-8-20(19)25-13-21(23)27/h3-13H,14H2,1-2H3. The van der Waals surface area contributed by atoms with Crippen molar-refractivity contribution in [2.75, 3.05) is 30.6 Å². The fourth-order valence-corrected chi connectivity index (χ4v) is 3.80. The van der Waals surface area contributed by atoms with E-state index in [9.17, 15) is 4.39 Å². The number of fused-ring (bicyclic) bond motifs is 3. The van der Waals surface area contributed by atoms with Crippen LogP contribution in [-0.2, 0) is 0 Å². The Balaban J connectivity index is 1.69. The SMILES string of the molecule is COc1ccc(N2CN(C)c3cnc4ccc(-c5cccc(F)c5)cc4c32)cn1. The third-order valence-corrected chi connectivity index (χ3v) is 5.25. The molecule has 144 valence electrons. The summed E-state index contributed by atoms with van der Waals surface area (Å²) in [5, 5.41) is 1.02. The van der Waals surface area contributed by atoms with Crippen LogP contribution in [0.15, 0.2) is 67.0 Å². The second-order valence-corrected chi connectivity index (χ2v) is 7.06. The van der Waals surface area contributed by atoms with Crippen LogP contribution in [-0.4, -0.2) is 30.8 Å². The summed E-state index contributed by atoms with van der Waals surface area (Å²) >= 11 is 0. The second kappa shape index (κ2) is 6.74. The average Bonchev–Trinajstić information content (AvgIpc) is 3.10. The Morgan fingerprint density at radius 3 is 2.59 bits per heavy atom. The van der Waals surface area contributed by atoms with Crippen molar-refractivity contribution in [2.24, 2.45) is 0 Å². The van der Waals surface area contributed by atoms with Crippen LogP contribution in [0.4, 0.5) is 21.5 Å². The van der Waals surface area contributed by atoms with Gasteiger partial charge < -0.3 is 14.5 Å². The first-order valence-electron chi connectivity index (χ1n) is 9.31. The van der Waals surface area contributed by atoms with E-state index in [0.29, 0.717) is 12.5 Å². The summed E-state index contributed by atoms with van der Waals surface area (Å²) < 4.78 is 18.9. The summed E-state index contributed by atoms with van der Waals surface area (Å²) in [7, 11) is 3.65. The van der Waals surface area contributed by atoms with Gasteiger partial charge in [-0.1, -0.05) is 18.2 Å². The molecule has 0 spiro atoms. The van der Waals surface area contributed by atoms with Crippen molar-refractivity contribution in [3.63, 3.8) is 0 Å². The van der Waals surface area contributed by atoms with Gasteiger partial charge in [-0.05, 0) is 41.5 Å². The molecule has 0 aliphatic carbocycles. The summed E-state index contributed by atoms with van der Waals surface area (Å²) in [5.41, 5.74) is 5.78. The molecule has 3 heterocycles. The number of ether oxygens (including phenoxy) is 1. The van der Waals surface area contributed by atoms with E-state index in [-0.39, 0.29) is 5.82 Å². The van der Waals surface area contributed by atoms with Crippen LogP contribution < -0.4 is 14.5 Å². The molecule has 0 N–H and O–H groups in total. The van der Waals surface area contributed by atoms with E-state index < -0.39 is 0 Å². The lowest BCUT2D eigenvalue weighted by Gasteiger charge is -2.20. The Kier molecular flexibility index (Phi) is 4.05. The number of nitrogens with zero attached hydrogens (tertiary/aromatic N) is 4. The summed E-state index contributed by atoms with van der Waals surface area (Å²) in [5.74, 6) is 0.333. The Bertz CT molecular complexity index is 1210. The van der Waals surface area contributed by atoms with Crippen molar-refractivity contribution in [3.05, 3.63) is 72.8 Å². The van der Waals surface area contributed by atoms with Gasteiger partial charge in [0.1, 0.15) is 5.82 Å². The van der Waals surface area contributed by atoms with Crippen LogP contribution in [0.3, 0.4) is 0 Å². The summed E-state index contributed by atoms with van der Waals surface area (Å²) in [4.78, 5) is 13.4. The molecule has 4 aromatic rings. The van der Waals surface area contributed by atoms with Crippen LogP contribution in [0.25, 0.3) is 22.0 Å². The van der Waals surface area contributed by atoms with Crippen molar-refractivity contribution in [1.29, 1.82) is 0 Å². The molecule has 0 amide bonds. The molecule has 0 saturated carbocycles. The van der Waals surface area contributed by atoms with Crippen LogP contribution in [0.5, 0.6) is 5.88 Å². The first kappa shape index (κ1) is 17.4. The van der Waals surface area contributed by atoms with Crippen molar-refractivity contribution in [1.82, 2.24) is 9.97 Å². The quantitative estimate of drug-likeness (QED) is 0.496. The molecule has 1 aliphatic heterocycles. The Hall–Kier alpha value is -3.67. The molecule has 0 saturated heterocycles. The monoisotopic (exact) mass is 386 g/mol. The van der Waals surface area contributed by atoms with E-state index in [0.717, 1.165) is 39.1 Å². The first-order chi connectivity index (χ1) is 14.1. The van der Waals surface area contributed by atoms with Crippen LogP contribution in [0, 0.1) is 5.82 Å². The van der Waals surface area contributed by atoms with Gasteiger partial charge in [0.15, 0.2) is 0 Å². The maximum Gasteiger partial charge on any atom is 0.213 e. The zero-order valence-corrected chi connectivity index (χ0v) is 16.1. The second-order valence-electron chi connectivity index (χ2n) is 7.06. The highest BCUT2D eigenvalue weighted by Crippen LogP contribution is 2.44. The minimum atomic E-state index is -0.246. The lowest BCUT2D eigenvalue weighted by molar-refractivity contribution is 0.398. The van der Waals surface area contributed by atoms with Crippen LogP contribution >= 0.6 is 0 Å². The van der Waals surface area contributed by atoms with Gasteiger partial charge >= 0.3 is 0 Å². The Morgan fingerprint density at radius 1 is 0.966 bits per heavy atom. The van der Waals surface area contributed by atoms with Gasteiger partial charge in [0, 0.05) is 18.5 Å². The Labute approximate surface area is 168 Å². The number of rotatable bonds is 3. The number of benzene rings is 2. The van der Waals surface area contributed by atoms with Gasteiger partial charge in [-0.15, -0.1) is 0 Å². The van der Waals surface area contributed by atoms with Gasteiger partial charge in [0.25, 0.3) is 0 Å². The maximum absolute atomic E-state index is 13.7. The molecular formula is C23H19FN4O. The molecule has 0 atom stereocenters. The number of hydrogen-bond donors (Lipinski definition) is 0. The third-order valence-electron chi connectivity index (χ3n) is 5.25. The van der Waals surface area contributed by atoms with Gasteiger partial charge in [-0.2, -0.15) is 0 Å². The van der Waals surface area contributed by atoms with Gasteiger partial charge in [0.05, 0.1) is 48.8 Å². The predicted molar refractivity (Wildman–Crippen MR) is 113 cm³/mol. The molecule has 29 heavy (non-hydrogen) atoms. The molecule has 5 rings (SSSR count). The first-order valence-corrected chi connectivity index (χ1v) is 9.31. The molecule has 0 bridgehead atoms. The minimum absolute atomic E-state index is 0.246. The zero-order chi connectivity index (χ0) is 20.0. The normalized spacial score (nSPS) is 13.1. The number of pyridine rings is 2. The fourth-order valence-electron chi connectivity index (χ4n) is 3.80. The highest BCUT2D eigenvalue weighted by Gasteiger charge is 2.27.